The van der Waals surface area contributed by atoms with E-state index >= 15 is 0 Å². The van der Waals surface area contributed by atoms with Gasteiger partial charge in [-0.15, -0.1) is 0 Å². The predicted octanol–water partition coefficient (Wildman–Crippen LogP) is 0.711. The molecule has 13 heavy (non-hydrogen) atoms. The van der Waals surface area contributed by atoms with Crippen molar-refractivity contribution in [3.63, 3.8) is 0 Å². The molecule has 1 rings (SSSR count). The van der Waals surface area contributed by atoms with Crippen LogP contribution in [0.5, 0.6) is 0 Å². The highest BCUT2D eigenvalue weighted by atomic mass is 16.1. The molecule has 1 unspecified atom stereocenters. The summed E-state index contributed by atoms with van der Waals surface area (Å²) in [7, 11) is 0. The van der Waals surface area contributed by atoms with Gasteiger partial charge in [-0.3, -0.25) is 9.36 Å². The van der Waals surface area contributed by atoms with Gasteiger partial charge in [-0.25, -0.2) is 4.98 Å². The zero-order valence-corrected chi connectivity index (χ0v) is 7.69. The van der Waals surface area contributed by atoms with Gasteiger partial charge in [0.2, 0.25) is 0 Å². The molecule has 0 radical (unpaired) electrons. The van der Waals surface area contributed by atoms with Crippen molar-refractivity contribution in [2.45, 2.75) is 20.4 Å². The van der Waals surface area contributed by atoms with Crippen molar-refractivity contribution in [2.75, 3.05) is 0 Å². The van der Waals surface area contributed by atoms with E-state index in [0.29, 0.717) is 12.2 Å². The minimum Gasteiger partial charge on any atom is -0.298 e. The number of aromatic nitrogens is 2. The maximum absolute atomic E-state index is 11.3. The third kappa shape index (κ3) is 2.41. The third-order valence-electron chi connectivity index (χ3n) is 1.71. The summed E-state index contributed by atoms with van der Waals surface area (Å²) in [6, 6.07) is 3.53. The highest BCUT2D eigenvalue weighted by Crippen LogP contribution is 1.95. The zero-order chi connectivity index (χ0) is 9.84. The van der Waals surface area contributed by atoms with Gasteiger partial charge in [0.1, 0.15) is 0 Å². The molecule has 0 aliphatic heterocycles. The molecule has 4 nitrogen and oxygen atoms in total. The van der Waals surface area contributed by atoms with Crippen molar-refractivity contribution < 1.29 is 0 Å². The minimum absolute atomic E-state index is 0.102. The number of hydrogen-bond acceptors (Lipinski definition) is 3. The standard InChI is InChI=1S/C9H11N3O/c1-7(4-10)5-12-6-11-8(2)3-9(12)13/h3,6-7H,5H2,1-2H3. The van der Waals surface area contributed by atoms with E-state index < -0.39 is 0 Å². The quantitative estimate of drug-likeness (QED) is 0.668. The first-order chi connectivity index (χ1) is 6.13. The van der Waals surface area contributed by atoms with Crippen molar-refractivity contribution in [3.8, 4) is 6.07 Å². The first kappa shape index (κ1) is 9.46. The summed E-state index contributed by atoms with van der Waals surface area (Å²) < 4.78 is 1.45. The highest BCUT2D eigenvalue weighted by molar-refractivity contribution is 4.96. The van der Waals surface area contributed by atoms with Gasteiger partial charge in [-0.05, 0) is 13.8 Å². The first-order valence-corrected chi connectivity index (χ1v) is 4.06. The smallest absolute Gasteiger partial charge is 0.253 e. The fourth-order valence-corrected chi connectivity index (χ4v) is 0.990. The molecular formula is C9H11N3O. The van der Waals surface area contributed by atoms with Gasteiger partial charge in [0.15, 0.2) is 0 Å². The van der Waals surface area contributed by atoms with E-state index in [1.54, 1.807) is 13.8 Å². The molecule has 1 aromatic rings. The van der Waals surface area contributed by atoms with Crippen LogP contribution in [0.3, 0.4) is 0 Å². The maximum Gasteiger partial charge on any atom is 0.253 e. The molecule has 0 N–H and O–H groups in total. The number of hydrogen-bond donors (Lipinski definition) is 0. The number of nitriles is 1. The molecule has 0 fully saturated rings. The van der Waals surface area contributed by atoms with Gasteiger partial charge in [0.25, 0.3) is 5.56 Å². The van der Waals surface area contributed by atoms with E-state index in [9.17, 15) is 4.79 Å². The summed E-state index contributed by atoms with van der Waals surface area (Å²) in [6.45, 7) is 3.94. The lowest BCUT2D eigenvalue weighted by Crippen LogP contribution is -2.22. The van der Waals surface area contributed by atoms with E-state index in [0.717, 1.165) is 0 Å². The summed E-state index contributed by atoms with van der Waals surface area (Å²) in [5, 5.41) is 8.56. The van der Waals surface area contributed by atoms with Gasteiger partial charge >= 0.3 is 0 Å². The molecule has 0 aromatic carbocycles. The number of nitrogens with zero attached hydrogens (tertiary/aromatic N) is 3. The fraction of sp³-hybridized carbons (Fsp3) is 0.444. The van der Waals surface area contributed by atoms with Crippen LogP contribution in [0.2, 0.25) is 0 Å². The Balaban J connectivity index is 2.92. The second kappa shape index (κ2) is 3.85. The summed E-state index contributed by atoms with van der Waals surface area (Å²) >= 11 is 0. The van der Waals surface area contributed by atoms with Gasteiger partial charge in [-0.1, -0.05) is 0 Å². The number of rotatable bonds is 2. The predicted molar refractivity (Wildman–Crippen MR) is 48.0 cm³/mol. The van der Waals surface area contributed by atoms with Crippen LogP contribution < -0.4 is 5.56 Å². The maximum atomic E-state index is 11.3. The van der Waals surface area contributed by atoms with Gasteiger partial charge in [0, 0.05) is 18.3 Å². The Morgan fingerprint density at radius 3 is 3.00 bits per heavy atom. The molecule has 0 aliphatic carbocycles. The van der Waals surface area contributed by atoms with Crippen LogP contribution in [-0.2, 0) is 6.54 Å². The van der Waals surface area contributed by atoms with Crippen molar-refractivity contribution in [1.82, 2.24) is 9.55 Å². The van der Waals surface area contributed by atoms with Crippen LogP contribution in [0, 0.1) is 24.2 Å². The molecule has 1 atom stereocenters. The molecule has 1 aromatic heterocycles. The SMILES string of the molecule is Cc1cc(=O)n(CC(C)C#N)cn1. The van der Waals surface area contributed by atoms with Crippen molar-refractivity contribution in [1.29, 1.82) is 5.26 Å². The van der Waals surface area contributed by atoms with Crippen LogP contribution in [0.25, 0.3) is 0 Å². The molecule has 0 aliphatic rings. The Morgan fingerprint density at radius 2 is 2.46 bits per heavy atom. The van der Waals surface area contributed by atoms with E-state index in [1.165, 1.54) is 17.0 Å². The molecule has 0 amide bonds. The van der Waals surface area contributed by atoms with Crippen LogP contribution in [0.1, 0.15) is 12.6 Å². The van der Waals surface area contributed by atoms with E-state index in [1.807, 2.05) is 0 Å². The molecule has 4 heteroatoms. The number of aryl methyl sites for hydroxylation is 1. The van der Waals surface area contributed by atoms with Crippen LogP contribution in [-0.4, -0.2) is 9.55 Å². The fourth-order valence-electron chi connectivity index (χ4n) is 0.990. The van der Waals surface area contributed by atoms with Crippen LogP contribution in [0.4, 0.5) is 0 Å². The average Bonchev–Trinajstić information content (AvgIpc) is 2.09. The molecule has 0 spiro atoms. The lowest BCUT2D eigenvalue weighted by atomic mass is 10.2. The average molecular weight is 177 g/mol. The van der Waals surface area contributed by atoms with Crippen molar-refractivity contribution >= 4 is 0 Å². The Hall–Kier alpha value is -1.63. The lowest BCUT2D eigenvalue weighted by molar-refractivity contribution is 0.554. The Morgan fingerprint density at radius 1 is 1.77 bits per heavy atom. The summed E-state index contributed by atoms with van der Waals surface area (Å²) in [4.78, 5) is 15.3. The third-order valence-corrected chi connectivity index (χ3v) is 1.71. The Kier molecular flexibility index (Phi) is 2.80. The van der Waals surface area contributed by atoms with E-state index in [4.69, 9.17) is 5.26 Å². The second-order valence-corrected chi connectivity index (χ2v) is 3.05. The monoisotopic (exact) mass is 177 g/mol. The molecule has 68 valence electrons. The molecule has 0 saturated heterocycles. The second-order valence-electron chi connectivity index (χ2n) is 3.05. The normalized spacial score (nSPS) is 12.1. The molecule has 0 bridgehead atoms. The van der Waals surface area contributed by atoms with Crippen LogP contribution >= 0.6 is 0 Å². The summed E-state index contributed by atoms with van der Waals surface area (Å²) in [6.07, 6.45) is 1.48. The summed E-state index contributed by atoms with van der Waals surface area (Å²) in [5.41, 5.74) is 0.598. The minimum atomic E-state index is -0.165. The lowest BCUT2D eigenvalue weighted by Gasteiger charge is -2.05. The highest BCUT2D eigenvalue weighted by Gasteiger charge is 2.02. The van der Waals surface area contributed by atoms with E-state index in [2.05, 4.69) is 11.1 Å². The van der Waals surface area contributed by atoms with Gasteiger partial charge in [-0.2, -0.15) is 5.26 Å². The van der Waals surface area contributed by atoms with Crippen molar-refractivity contribution in [2.24, 2.45) is 5.92 Å². The molecule has 1 heterocycles. The molecular weight excluding hydrogens is 166 g/mol. The van der Waals surface area contributed by atoms with Crippen molar-refractivity contribution in [3.05, 3.63) is 28.4 Å². The summed E-state index contributed by atoms with van der Waals surface area (Å²) in [5.74, 6) is -0.165. The zero-order valence-electron chi connectivity index (χ0n) is 7.69. The first-order valence-electron chi connectivity index (χ1n) is 4.06. The largest absolute Gasteiger partial charge is 0.298 e. The topological polar surface area (TPSA) is 58.7 Å². The Labute approximate surface area is 76.5 Å². The van der Waals surface area contributed by atoms with Gasteiger partial charge in [0.05, 0.1) is 18.3 Å². The van der Waals surface area contributed by atoms with Gasteiger partial charge < -0.3 is 0 Å². The molecule has 0 saturated carbocycles. The van der Waals surface area contributed by atoms with E-state index in [-0.39, 0.29) is 11.5 Å². The van der Waals surface area contributed by atoms with Crippen LogP contribution in [0.15, 0.2) is 17.2 Å². The Bertz CT molecular complexity index is 389.